The van der Waals surface area contributed by atoms with E-state index in [2.05, 4.69) is 22.6 Å². The van der Waals surface area contributed by atoms with Crippen LogP contribution in [0, 0.1) is 6.92 Å². The molecule has 3 rings (SSSR count). The molecule has 0 aliphatic carbocycles. The molecule has 0 fully saturated rings. The maximum atomic E-state index is 5.39. The highest BCUT2D eigenvalue weighted by Crippen LogP contribution is 2.37. The number of rotatable bonds is 2. The second-order valence-electron chi connectivity index (χ2n) is 4.04. The second kappa shape index (κ2) is 4.49. The first-order chi connectivity index (χ1) is 8.78. The molecule has 0 radical (unpaired) electrons. The summed E-state index contributed by atoms with van der Waals surface area (Å²) in [6, 6.07) is 5.82. The predicted octanol–water partition coefficient (Wildman–Crippen LogP) is 2.61. The lowest BCUT2D eigenvalue weighted by atomic mass is 10.0. The van der Waals surface area contributed by atoms with Crippen molar-refractivity contribution in [2.24, 2.45) is 0 Å². The van der Waals surface area contributed by atoms with Crippen LogP contribution >= 0.6 is 12.6 Å². The Kier molecular flexibility index (Phi) is 2.83. The summed E-state index contributed by atoms with van der Waals surface area (Å²) in [4.78, 5) is 8.61. The molecular weight excluding hydrogens is 248 g/mol. The molecule has 0 unspecified atom stereocenters. The van der Waals surface area contributed by atoms with Gasteiger partial charge in [0.25, 0.3) is 0 Å². The molecule has 2 heterocycles. The van der Waals surface area contributed by atoms with Crippen LogP contribution in [0.3, 0.4) is 0 Å². The molecule has 1 aliphatic heterocycles. The van der Waals surface area contributed by atoms with Gasteiger partial charge in [0, 0.05) is 11.8 Å². The van der Waals surface area contributed by atoms with Crippen molar-refractivity contribution >= 4 is 12.6 Å². The molecule has 1 aliphatic rings. The maximum Gasteiger partial charge on any atom is 0.231 e. The second-order valence-corrected chi connectivity index (χ2v) is 4.35. The van der Waals surface area contributed by atoms with Crippen molar-refractivity contribution < 1.29 is 9.47 Å². The first-order valence-corrected chi connectivity index (χ1v) is 6.24. The van der Waals surface area contributed by atoms with Crippen LogP contribution < -0.4 is 9.47 Å². The molecule has 0 spiro atoms. The first-order valence-electron chi connectivity index (χ1n) is 5.61. The Morgan fingerprint density at radius 3 is 2.83 bits per heavy atom. The molecule has 1 aromatic carbocycles. The lowest BCUT2D eigenvalue weighted by Gasteiger charge is -2.07. The van der Waals surface area contributed by atoms with Crippen molar-refractivity contribution in [1.29, 1.82) is 0 Å². The van der Waals surface area contributed by atoms with Crippen LogP contribution in [0.4, 0.5) is 0 Å². The summed E-state index contributed by atoms with van der Waals surface area (Å²) in [6.07, 6.45) is 1.75. The fourth-order valence-electron chi connectivity index (χ4n) is 1.94. The highest BCUT2D eigenvalue weighted by atomic mass is 32.1. The van der Waals surface area contributed by atoms with Crippen LogP contribution in [0.5, 0.6) is 11.5 Å². The van der Waals surface area contributed by atoms with E-state index in [4.69, 9.17) is 9.47 Å². The van der Waals surface area contributed by atoms with Crippen molar-refractivity contribution in [2.75, 3.05) is 6.79 Å². The van der Waals surface area contributed by atoms with E-state index in [0.717, 1.165) is 28.3 Å². The fraction of sp³-hybridized carbons (Fsp3) is 0.231. The van der Waals surface area contributed by atoms with Crippen LogP contribution in [0.2, 0.25) is 0 Å². The largest absolute Gasteiger partial charge is 0.454 e. The quantitative estimate of drug-likeness (QED) is 0.843. The molecule has 92 valence electrons. The number of ether oxygens (including phenoxy) is 2. The third kappa shape index (κ3) is 1.90. The minimum Gasteiger partial charge on any atom is -0.454 e. The van der Waals surface area contributed by atoms with Gasteiger partial charge in [-0.3, -0.25) is 0 Å². The molecule has 0 saturated heterocycles. The monoisotopic (exact) mass is 260 g/mol. The summed E-state index contributed by atoms with van der Waals surface area (Å²) >= 11 is 4.19. The van der Waals surface area contributed by atoms with E-state index >= 15 is 0 Å². The van der Waals surface area contributed by atoms with Crippen LogP contribution in [0.1, 0.15) is 11.4 Å². The van der Waals surface area contributed by atoms with Crippen molar-refractivity contribution in [3.8, 4) is 22.8 Å². The number of hydrogen-bond donors (Lipinski definition) is 1. The highest BCUT2D eigenvalue weighted by Gasteiger charge is 2.17. The van der Waals surface area contributed by atoms with Crippen LogP contribution in [0.15, 0.2) is 24.4 Å². The first kappa shape index (κ1) is 11.3. The van der Waals surface area contributed by atoms with Gasteiger partial charge in [-0.15, -0.1) is 0 Å². The SMILES string of the molecule is Cc1cc2c(cc1-c1ccnc(CS)n1)OCO2. The number of benzene rings is 1. The van der Waals surface area contributed by atoms with E-state index in [0.29, 0.717) is 11.6 Å². The molecule has 18 heavy (non-hydrogen) atoms. The van der Waals surface area contributed by atoms with Gasteiger partial charge in [0.05, 0.1) is 11.4 Å². The summed E-state index contributed by atoms with van der Waals surface area (Å²) in [6.45, 7) is 2.31. The minimum atomic E-state index is 0.282. The lowest BCUT2D eigenvalue weighted by Crippen LogP contribution is -1.94. The van der Waals surface area contributed by atoms with Gasteiger partial charge in [-0.1, -0.05) is 0 Å². The molecule has 1 aromatic heterocycles. The average molecular weight is 260 g/mol. The normalized spacial score (nSPS) is 12.8. The van der Waals surface area contributed by atoms with Crippen molar-refractivity contribution in [2.45, 2.75) is 12.7 Å². The van der Waals surface area contributed by atoms with Crippen LogP contribution in [-0.2, 0) is 5.75 Å². The number of aromatic nitrogens is 2. The Morgan fingerprint density at radius 1 is 1.28 bits per heavy atom. The smallest absolute Gasteiger partial charge is 0.231 e. The Hall–Kier alpha value is -1.75. The van der Waals surface area contributed by atoms with Gasteiger partial charge in [0.1, 0.15) is 5.82 Å². The van der Waals surface area contributed by atoms with Gasteiger partial charge < -0.3 is 9.47 Å². The lowest BCUT2D eigenvalue weighted by molar-refractivity contribution is 0.174. The maximum absolute atomic E-state index is 5.39. The minimum absolute atomic E-state index is 0.282. The molecule has 2 aromatic rings. The zero-order valence-electron chi connectivity index (χ0n) is 9.88. The summed E-state index contributed by atoms with van der Waals surface area (Å²) in [5.74, 6) is 2.80. The molecular formula is C13H12N2O2S. The van der Waals surface area contributed by atoms with Crippen molar-refractivity contribution in [3.63, 3.8) is 0 Å². The van der Waals surface area contributed by atoms with Gasteiger partial charge in [0.2, 0.25) is 6.79 Å². The van der Waals surface area contributed by atoms with E-state index in [9.17, 15) is 0 Å². The summed E-state index contributed by atoms with van der Waals surface area (Å²) in [7, 11) is 0. The third-order valence-corrected chi connectivity index (χ3v) is 3.13. The van der Waals surface area contributed by atoms with Gasteiger partial charge in [-0.05, 0) is 30.7 Å². The number of aryl methyl sites for hydroxylation is 1. The topological polar surface area (TPSA) is 44.2 Å². The van der Waals surface area contributed by atoms with Gasteiger partial charge in [-0.25, -0.2) is 9.97 Å². The number of hydrogen-bond acceptors (Lipinski definition) is 5. The molecule has 0 amide bonds. The third-order valence-electron chi connectivity index (χ3n) is 2.84. The van der Waals surface area contributed by atoms with Crippen LogP contribution in [0.25, 0.3) is 11.3 Å². The summed E-state index contributed by atoms with van der Waals surface area (Å²) in [5.41, 5.74) is 3.01. The summed E-state index contributed by atoms with van der Waals surface area (Å²) < 4.78 is 10.7. The van der Waals surface area contributed by atoms with E-state index in [1.54, 1.807) is 6.20 Å². The Bertz CT molecular complexity index is 602. The Balaban J connectivity index is 2.10. The van der Waals surface area contributed by atoms with E-state index in [-0.39, 0.29) is 6.79 Å². The predicted molar refractivity (Wildman–Crippen MR) is 71.0 cm³/mol. The zero-order chi connectivity index (χ0) is 12.5. The van der Waals surface area contributed by atoms with Gasteiger partial charge in [-0.2, -0.15) is 12.6 Å². The van der Waals surface area contributed by atoms with E-state index in [1.807, 2.05) is 25.1 Å². The highest BCUT2D eigenvalue weighted by molar-refractivity contribution is 7.79. The van der Waals surface area contributed by atoms with Gasteiger partial charge in [0.15, 0.2) is 11.5 Å². The molecule has 0 bridgehead atoms. The number of fused-ring (bicyclic) bond motifs is 1. The Labute approximate surface area is 110 Å². The number of thiol groups is 1. The molecule has 0 N–H and O–H groups in total. The molecule has 0 atom stereocenters. The standard InChI is InChI=1S/C13H12N2O2S/c1-8-4-11-12(17-7-16-11)5-9(8)10-2-3-14-13(6-18)15-10/h2-5,18H,6-7H2,1H3. The van der Waals surface area contributed by atoms with Crippen LogP contribution in [-0.4, -0.2) is 16.8 Å². The average Bonchev–Trinajstić information content (AvgIpc) is 2.85. The van der Waals surface area contributed by atoms with Gasteiger partial charge >= 0.3 is 0 Å². The molecule has 0 saturated carbocycles. The van der Waals surface area contributed by atoms with Crippen molar-refractivity contribution in [3.05, 3.63) is 35.8 Å². The molecule has 5 heteroatoms. The Morgan fingerprint density at radius 2 is 2.06 bits per heavy atom. The van der Waals surface area contributed by atoms with E-state index in [1.165, 1.54) is 0 Å². The fourth-order valence-corrected chi connectivity index (χ4v) is 2.10. The zero-order valence-corrected chi connectivity index (χ0v) is 10.8. The van der Waals surface area contributed by atoms with E-state index < -0.39 is 0 Å². The number of nitrogens with zero attached hydrogens (tertiary/aromatic N) is 2. The summed E-state index contributed by atoms with van der Waals surface area (Å²) in [5, 5.41) is 0. The van der Waals surface area contributed by atoms with Crippen molar-refractivity contribution in [1.82, 2.24) is 9.97 Å². The molecule has 4 nitrogen and oxygen atoms in total.